The largest absolute Gasteiger partial charge is 0.383 e. The van der Waals surface area contributed by atoms with Crippen molar-refractivity contribution in [3.8, 4) is 0 Å². The fourth-order valence-corrected chi connectivity index (χ4v) is 2.40. The number of hydrogen-bond acceptors (Lipinski definition) is 3. The number of benzene rings is 1. The lowest BCUT2D eigenvalue weighted by Gasteiger charge is -2.13. The van der Waals surface area contributed by atoms with Crippen molar-refractivity contribution in [1.29, 1.82) is 0 Å². The van der Waals surface area contributed by atoms with E-state index in [0.29, 0.717) is 18.2 Å². The third-order valence-electron chi connectivity index (χ3n) is 3.32. The highest BCUT2D eigenvalue weighted by Gasteiger charge is 2.12. The fourth-order valence-electron chi connectivity index (χ4n) is 2.17. The molecule has 1 unspecified atom stereocenters. The lowest BCUT2D eigenvalue weighted by molar-refractivity contribution is 0.182. The summed E-state index contributed by atoms with van der Waals surface area (Å²) in [5, 5.41) is 4.96. The first kappa shape index (κ1) is 15.0. The van der Waals surface area contributed by atoms with E-state index in [4.69, 9.17) is 22.1 Å². The molecule has 1 atom stereocenters. The van der Waals surface area contributed by atoms with Gasteiger partial charge in [0.15, 0.2) is 0 Å². The Hall–Kier alpha value is -1.36. The van der Waals surface area contributed by atoms with Crippen molar-refractivity contribution >= 4 is 11.6 Å². The van der Waals surface area contributed by atoms with Crippen LogP contribution in [0.25, 0.3) is 0 Å². The molecule has 1 heterocycles. The first-order valence-electron chi connectivity index (χ1n) is 6.72. The van der Waals surface area contributed by atoms with Crippen molar-refractivity contribution in [2.75, 3.05) is 13.7 Å². The summed E-state index contributed by atoms with van der Waals surface area (Å²) < 4.78 is 6.97. The summed E-state index contributed by atoms with van der Waals surface area (Å²) in [7, 11) is 1.68. The van der Waals surface area contributed by atoms with E-state index in [1.54, 1.807) is 13.3 Å². The van der Waals surface area contributed by atoms with Crippen LogP contribution in [0.3, 0.4) is 0 Å². The van der Waals surface area contributed by atoms with E-state index in [0.717, 1.165) is 24.1 Å². The number of aromatic nitrogens is 2. The molecule has 0 aliphatic carbocycles. The van der Waals surface area contributed by atoms with Crippen molar-refractivity contribution < 1.29 is 4.74 Å². The van der Waals surface area contributed by atoms with E-state index < -0.39 is 0 Å². The van der Waals surface area contributed by atoms with Gasteiger partial charge in [0.1, 0.15) is 0 Å². The number of rotatable bonds is 7. The zero-order chi connectivity index (χ0) is 14.4. The standard InChI is InChI=1S/C15H20ClN3O/c1-20-10-9-19-15(13(16)11-18-19)8-7-14(17)12-5-3-2-4-6-12/h2-6,11,14H,7-10,17H2,1H3. The normalized spacial score (nSPS) is 12.6. The number of methoxy groups -OCH3 is 1. The molecule has 0 bridgehead atoms. The molecule has 1 aromatic carbocycles. The highest BCUT2D eigenvalue weighted by atomic mass is 35.5. The summed E-state index contributed by atoms with van der Waals surface area (Å²) in [6.45, 7) is 1.33. The molecule has 0 saturated heterocycles. The molecule has 2 rings (SSSR count). The van der Waals surface area contributed by atoms with Crippen molar-refractivity contribution in [2.45, 2.75) is 25.4 Å². The predicted molar refractivity (Wildman–Crippen MR) is 80.8 cm³/mol. The van der Waals surface area contributed by atoms with Crippen LogP contribution in [0, 0.1) is 0 Å². The zero-order valence-electron chi connectivity index (χ0n) is 11.6. The second-order valence-corrected chi connectivity index (χ2v) is 5.12. The molecule has 4 nitrogen and oxygen atoms in total. The smallest absolute Gasteiger partial charge is 0.0817 e. The fraction of sp³-hybridized carbons (Fsp3) is 0.400. The molecule has 108 valence electrons. The molecule has 0 aliphatic heterocycles. The van der Waals surface area contributed by atoms with Crippen LogP contribution in [0.5, 0.6) is 0 Å². The van der Waals surface area contributed by atoms with Crippen LogP contribution in [-0.4, -0.2) is 23.5 Å². The van der Waals surface area contributed by atoms with Crippen molar-refractivity contribution in [3.63, 3.8) is 0 Å². The number of ether oxygens (including phenoxy) is 1. The van der Waals surface area contributed by atoms with Gasteiger partial charge in [-0.2, -0.15) is 5.10 Å². The number of hydrogen-bond donors (Lipinski definition) is 1. The molecule has 2 aromatic rings. The van der Waals surface area contributed by atoms with Crippen LogP contribution in [0.1, 0.15) is 23.7 Å². The van der Waals surface area contributed by atoms with Crippen molar-refractivity contribution in [1.82, 2.24) is 9.78 Å². The van der Waals surface area contributed by atoms with Gasteiger partial charge in [-0.15, -0.1) is 0 Å². The highest BCUT2D eigenvalue weighted by molar-refractivity contribution is 6.31. The zero-order valence-corrected chi connectivity index (χ0v) is 12.4. The summed E-state index contributed by atoms with van der Waals surface area (Å²) in [5.41, 5.74) is 8.38. The lowest BCUT2D eigenvalue weighted by atomic mass is 10.0. The first-order chi connectivity index (χ1) is 9.72. The van der Waals surface area contributed by atoms with Crippen LogP contribution < -0.4 is 5.73 Å². The summed E-state index contributed by atoms with van der Waals surface area (Å²) in [5.74, 6) is 0. The minimum atomic E-state index is 0.0121. The van der Waals surface area contributed by atoms with Crippen LogP contribution in [0.2, 0.25) is 5.02 Å². The third-order valence-corrected chi connectivity index (χ3v) is 3.64. The summed E-state index contributed by atoms with van der Waals surface area (Å²) in [4.78, 5) is 0. The quantitative estimate of drug-likeness (QED) is 0.854. The maximum absolute atomic E-state index is 6.21. The Morgan fingerprint density at radius 1 is 1.35 bits per heavy atom. The minimum absolute atomic E-state index is 0.0121. The molecule has 0 spiro atoms. The van der Waals surface area contributed by atoms with Crippen molar-refractivity contribution in [3.05, 3.63) is 52.8 Å². The Bertz CT molecular complexity index is 527. The van der Waals surface area contributed by atoms with E-state index in [2.05, 4.69) is 17.2 Å². The molecule has 0 aliphatic rings. The monoisotopic (exact) mass is 293 g/mol. The van der Waals surface area contributed by atoms with Crippen molar-refractivity contribution in [2.24, 2.45) is 5.73 Å². The first-order valence-corrected chi connectivity index (χ1v) is 7.10. The van der Waals surface area contributed by atoms with Gasteiger partial charge in [-0.3, -0.25) is 4.68 Å². The van der Waals surface area contributed by atoms with Gasteiger partial charge in [0.25, 0.3) is 0 Å². The summed E-state index contributed by atoms with van der Waals surface area (Å²) >= 11 is 6.19. The second-order valence-electron chi connectivity index (χ2n) is 4.71. The molecule has 2 N–H and O–H groups in total. The highest BCUT2D eigenvalue weighted by Crippen LogP contribution is 2.21. The van der Waals surface area contributed by atoms with Gasteiger partial charge in [-0.05, 0) is 18.4 Å². The van der Waals surface area contributed by atoms with Crippen LogP contribution >= 0.6 is 11.6 Å². The predicted octanol–water partition coefficient (Wildman–Crippen LogP) is 2.82. The Labute approximate surface area is 124 Å². The molecular weight excluding hydrogens is 274 g/mol. The van der Waals surface area contributed by atoms with E-state index >= 15 is 0 Å². The molecule has 0 fully saturated rings. The minimum Gasteiger partial charge on any atom is -0.383 e. The van der Waals surface area contributed by atoms with E-state index in [1.165, 1.54) is 0 Å². The Morgan fingerprint density at radius 2 is 2.10 bits per heavy atom. The number of nitrogens with two attached hydrogens (primary N) is 1. The Morgan fingerprint density at radius 3 is 2.80 bits per heavy atom. The van der Waals surface area contributed by atoms with Crippen LogP contribution in [0.4, 0.5) is 0 Å². The summed E-state index contributed by atoms with van der Waals surface area (Å²) in [6.07, 6.45) is 3.32. The van der Waals surface area contributed by atoms with Crippen LogP contribution in [-0.2, 0) is 17.7 Å². The maximum atomic E-state index is 6.21. The van der Waals surface area contributed by atoms with Gasteiger partial charge in [0.05, 0.1) is 30.1 Å². The lowest BCUT2D eigenvalue weighted by Crippen LogP contribution is -2.14. The van der Waals surface area contributed by atoms with Gasteiger partial charge < -0.3 is 10.5 Å². The molecule has 0 amide bonds. The SMILES string of the molecule is COCCn1ncc(Cl)c1CCC(N)c1ccccc1. The van der Waals surface area contributed by atoms with Gasteiger partial charge >= 0.3 is 0 Å². The van der Waals surface area contributed by atoms with Gasteiger partial charge in [-0.1, -0.05) is 41.9 Å². The average molecular weight is 294 g/mol. The molecule has 0 saturated carbocycles. The average Bonchev–Trinajstić information content (AvgIpc) is 2.84. The van der Waals surface area contributed by atoms with E-state index in [9.17, 15) is 0 Å². The Balaban J connectivity index is 1.98. The van der Waals surface area contributed by atoms with Gasteiger partial charge in [0.2, 0.25) is 0 Å². The van der Waals surface area contributed by atoms with Crippen LogP contribution in [0.15, 0.2) is 36.5 Å². The third kappa shape index (κ3) is 3.82. The summed E-state index contributed by atoms with van der Waals surface area (Å²) in [6, 6.07) is 10.1. The maximum Gasteiger partial charge on any atom is 0.0817 e. The molecule has 20 heavy (non-hydrogen) atoms. The number of nitrogens with zero attached hydrogens (tertiary/aromatic N) is 2. The Kier molecular flexibility index (Phi) is 5.59. The molecule has 1 aromatic heterocycles. The molecule has 5 heteroatoms. The van der Waals surface area contributed by atoms with Gasteiger partial charge in [0, 0.05) is 13.2 Å². The van der Waals surface area contributed by atoms with E-state index in [-0.39, 0.29) is 6.04 Å². The molecule has 0 radical (unpaired) electrons. The second kappa shape index (κ2) is 7.43. The topological polar surface area (TPSA) is 53.1 Å². The number of halogens is 1. The van der Waals surface area contributed by atoms with E-state index in [1.807, 2.05) is 22.9 Å². The van der Waals surface area contributed by atoms with Gasteiger partial charge in [-0.25, -0.2) is 0 Å². The molecular formula is C15H20ClN3O.